The quantitative estimate of drug-likeness (QED) is 0.703. The van der Waals surface area contributed by atoms with E-state index in [1.165, 1.54) is 0 Å². The molecule has 2 N–H and O–H groups in total. The third-order valence-corrected chi connectivity index (χ3v) is 1.92. The third-order valence-electron chi connectivity index (χ3n) is 1.70. The lowest BCUT2D eigenvalue weighted by molar-refractivity contribution is 0.780. The summed E-state index contributed by atoms with van der Waals surface area (Å²) in [5.41, 5.74) is 0.720. The van der Waals surface area contributed by atoms with Crippen LogP contribution in [0.25, 0.3) is 0 Å². The molecule has 1 heterocycles. The van der Waals surface area contributed by atoms with Crippen molar-refractivity contribution in [3.05, 3.63) is 26.9 Å². The van der Waals surface area contributed by atoms with Gasteiger partial charge in [0, 0.05) is 11.8 Å². The Bertz CT molecular complexity index is 353. The fourth-order valence-corrected chi connectivity index (χ4v) is 1.14. The van der Waals surface area contributed by atoms with Crippen LogP contribution in [-0.2, 0) is 6.42 Å². The SMILES string of the molecule is CCCCc1c[nH]c(=S)[nH]c1=O. The van der Waals surface area contributed by atoms with E-state index in [0.29, 0.717) is 4.77 Å². The van der Waals surface area contributed by atoms with E-state index in [1.807, 2.05) is 0 Å². The molecule has 0 saturated heterocycles. The molecule has 4 heteroatoms. The van der Waals surface area contributed by atoms with Crippen molar-refractivity contribution < 1.29 is 0 Å². The summed E-state index contributed by atoms with van der Waals surface area (Å²) in [6.45, 7) is 2.10. The first-order valence-electron chi connectivity index (χ1n) is 4.05. The van der Waals surface area contributed by atoms with Crippen LogP contribution >= 0.6 is 12.2 Å². The number of hydrogen-bond donors (Lipinski definition) is 2. The van der Waals surface area contributed by atoms with Gasteiger partial charge in [0.2, 0.25) is 0 Å². The van der Waals surface area contributed by atoms with Crippen LogP contribution in [0, 0.1) is 4.77 Å². The van der Waals surface area contributed by atoms with Crippen molar-refractivity contribution in [2.24, 2.45) is 0 Å². The second-order valence-electron chi connectivity index (χ2n) is 2.70. The Morgan fingerprint density at radius 3 is 2.92 bits per heavy atom. The predicted molar refractivity (Wildman–Crippen MR) is 50.9 cm³/mol. The molecule has 0 aromatic carbocycles. The molecule has 0 fully saturated rings. The molecule has 0 unspecified atom stereocenters. The van der Waals surface area contributed by atoms with Crippen LogP contribution in [0.1, 0.15) is 25.3 Å². The first kappa shape index (κ1) is 9.19. The van der Waals surface area contributed by atoms with Crippen LogP contribution in [0.4, 0.5) is 0 Å². The maximum absolute atomic E-state index is 11.2. The van der Waals surface area contributed by atoms with Crippen LogP contribution in [0.3, 0.4) is 0 Å². The fraction of sp³-hybridized carbons (Fsp3) is 0.500. The molecular weight excluding hydrogens is 172 g/mol. The topological polar surface area (TPSA) is 48.6 Å². The normalized spacial score (nSPS) is 10.1. The van der Waals surface area contributed by atoms with Crippen LogP contribution in [0.5, 0.6) is 0 Å². The predicted octanol–water partition coefficient (Wildman–Crippen LogP) is 1.78. The van der Waals surface area contributed by atoms with Crippen molar-refractivity contribution in [2.75, 3.05) is 0 Å². The molecule has 0 amide bonds. The molecule has 0 aliphatic carbocycles. The van der Waals surface area contributed by atoms with Gasteiger partial charge in [-0.25, -0.2) is 0 Å². The summed E-state index contributed by atoms with van der Waals surface area (Å²) in [4.78, 5) is 16.6. The Morgan fingerprint density at radius 2 is 2.33 bits per heavy atom. The molecule has 12 heavy (non-hydrogen) atoms. The molecule has 0 spiro atoms. The van der Waals surface area contributed by atoms with E-state index >= 15 is 0 Å². The highest BCUT2D eigenvalue weighted by Gasteiger charge is 1.96. The highest BCUT2D eigenvalue weighted by Crippen LogP contribution is 1.96. The maximum Gasteiger partial charge on any atom is 0.254 e. The minimum absolute atomic E-state index is 0.0628. The third kappa shape index (κ3) is 2.30. The average molecular weight is 184 g/mol. The van der Waals surface area contributed by atoms with Gasteiger partial charge >= 0.3 is 0 Å². The Kier molecular flexibility index (Phi) is 3.22. The van der Waals surface area contributed by atoms with Gasteiger partial charge in [-0.05, 0) is 25.1 Å². The van der Waals surface area contributed by atoms with E-state index in [1.54, 1.807) is 6.20 Å². The van der Waals surface area contributed by atoms with Gasteiger partial charge in [0.1, 0.15) is 0 Å². The van der Waals surface area contributed by atoms with Gasteiger partial charge in [-0.2, -0.15) is 0 Å². The summed E-state index contributed by atoms with van der Waals surface area (Å²) in [5, 5.41) is 0. The number of hydrogen-bond acceptors (Lipinski definition) is 2. The molecule has 0 atom stereocenters. The van der Waals surface area contributed by atoms with E-state index in [9.17, 15) is 4.79 Å². The van der Waals surface area contributed by atoms with Gasteiger partial charge in [0.15, 0.2) is 4.77 Å². The first-order chi connectivity index (χ1) is 5.74. The van der Waals surface area contributed by atoms with E-state index in [-0.39, 0.29) is 5.56 Å². The summed E-state index contributed by atoms with van der Waals surface area (Å²) >= 11 is 4.76. The van der Waals surface area contributed by atoms with Crippen LogP contribution in [-0.4, -0.2) is 9.97 Å². The zero-order chi connectivity index (χ0) is 8.97. The van der Waals surface area contributed by atoms with Crippen molar-refractivity contribution in [1.29, 1.82) is 0 Å². The first-order valence-corrected chi connectivity index (χ1v) is 4.45. The van der Waals surface area contributed by atoms with Gasteiger partial charge < -0.3 is 4.98 Å². The molecule has 0 bridgehead atoms. The average Bonchev–Trinajstić information content (AvgIpc) is 2.03. The van der Waals surface area contributed by atoms with E-state index in [0.717, 1.165) is 24.8 Å². The summed E-state index contributed by atoms with van der Waals surface area (Å²) in [6, 6.07) is 0. The Labute approximate surface area is 75.9 Å². The molecule has 0 radical (unpaired) electrons. The lowest BCUT2D eigenvalue weighted by Gasteiger charge is -1.96. The van der Waals surface area contributed by atoms with Crippen molar-refractivity contribution in [3.63, 3.8) is 0 Å². The smallest absolute Gasteiger partial charge is 0.254 e. The van der Waals surface area contributed by atoms with Crippen molar-refractivity contribution >= 4 is 12.2 Å². The summed E-state index contributed by atoms with van der Waals surface area (Å²) < 4.78 is 0.389. The number of H-pyrrole nitrogens is 2. The van der Waals surface area contributed by atoms with Crippen LogP contribution in [0.2, 0.25) is 0 Å². The molecule has 0 aliphatic rings. The molecule has 66 valence electrons. The largest absolute Gasteiger partial charge is 0.338 e. The van der Waals surface area contributed by atoms with Gasteiger partial charge in [-0.3, -0.25) is 9.78 Å². The zero-order valence-corrected chi connectivity index (χ0v) is 7.83. The van der Waals surface area contributed by atoms with E-state index in [4.69, 9.17) is 12.2 Å². The van der Waals surface area contributed by atoms with Crippen LogP contribution in [0.15, 0.2) is 11.0 Å². The van der Waals surface area contributed by atoms with Crippen molar-refractivity contribution in [3.8, 4) is 0 Å². The fourth-order valence-electron chi connectivity index (χ4n) is 0.991. The monoisotopic (exact) mass is 184 g/mol. The lowest BCUT2D eigenvalue weighted by Crippen LogP contribution is -2.13. The van der Waals surface area contributed by atoms with Gasteiger partial charge in [-0.15, -0.1) is 0 Å². The number of aryl methyl sites for hydroxylation is 1. The molecule has 3 nitrogen and oxygen atoms in total. The Balaban J connectivity index is 2.87. The minimum atomic E-state index is -0.0628. The maximum atomic E-state index is 11.2. The summed E-state index contributed by atoms with van der Waals surface area (Å²) in [6.07, 6.45) is 4.64. The van der Waals surface area contributed by atoms with Crippen molar-refractivity contribution in [1.82, 2.24) is 9.97 Å². The highest BCUT2D eigenvalue weighted by molar-refractivity contribution is 7.71. The summed E-state index contributed by atoms with van der Waals surface area (Å²) in [7, 11) is 0. The minimum Gasteiger partial charge on any atom is -0.338 e. The number of unbranched alkanes of at least 4 members (excludes halogenated alkanes) is 1. The zero-order valence-electron chi connectivity index (χ0n) is 7.02. The second-order valence-corrected chi connectivity index (χ2v) is 3.11. The van der Waals surface area contributed by atoms with E-state index in [2.05, 4.69) is 16.9 Å². The molecule has 0 saturated carbocycles. The number of aromatic nitrogens is 2. The Hall–Kier alpha value is -0.900. The number of aromatic amines is 2. The van der Waals surface area contributed by atoms with Gasteiger partial charge in [-0.1, -0.05) is 13.3 Å². The van der Waals surface area contributed by atoms with Gasteiger partial charge in [0.05, 0.1) is 0 Å². The lowest BCUT2D eigenvalue weighted by atomic mass is 10.1. The number of nitrogens with one attached hydrogen (secondary N) is 2. The molecular formula is C8H12N2OS. The highest BCUT2D eigenvalue weighted by atomic mass is 32.1. The van der Waals surface area contributed by atoms with Gasteiger partial charge in [0.25, 0.3) is 5.56 Å². The van der Waals surface area contributed by atoms with Crippen molar-refractivity contribution in [2.45, 2.75) is 26.2 Å². The number of rotatable bonds is 3. The molecule has 1 rings (SSSR count). The standard InChI is InChI=1S/C8H12N2OS/c1-2-3-4-6-5-9-8(12)10-7(6)11/h5H,2-4H2,1H3,(H2,9,10,11,12). The molecule has 1 aromatic heterocycles. The van der Waals surface area contributed by atoms with E-state index < -0.39 is 0 Å². The Morgan fingerprint density at radius 1 is 1.58 bits per heavy atom. The second kappa shape index (κ2) is 4.21. The van der Waals surface area contributed by atoms with Crippen LogP contribution < -0.4 is 5.56 Å². The molecule has 0 aliphatic heterocycles. The molecule has 1 aromatic rings. The summed E-state index contributed by atoms with van der Waals surface area (Å²) in [5.74, 6) is 0.